The zero-order valence-electron chi connectivity index (χ0n) is 8.38. The molecule has 2 N–H and O–H groups in total. The van der Waals surface area contributed by atoms with Crippen LogP contribution in [-0.2, 0) is 9.59 Å². The van der Waals surface area contributed by atoms with Crippen molar-refractivity contribution in [1.29, 1.82) is 0 Å². The third-order valence-electron chi connectivity index (χ3n) is 2.66. The average molecular weight is 239 g/mol. The number of rotatable bonds is 0. The number of carboxylic acids is 1. The van der Waals surface area contributed by atoms with Crippen molar-refractivity contribution in [2.45, 2.75) is 31.5 Å². The third kappa shape index (κ3) is 3.48. The van der Waals surface area contributed by atoms with Gasteiger partial charge in [0.1, 0.15) is 5.78 Å². The molecular weight excluding hydrogens is 227 g/mol. The van der Waals surface area contributed by atoms with E-state index in [2.05, 4.69) is 5.32 Å². The second-order valence-corrected chi connectivity index (χ2v) is 3.85. The normalized spacial score (nSPS) is 28.3. The Balaban J connectivity index is 0.000000168. The molecule has 2 aliphatic heterocycles. The first-order valence-corrected chi connectivity index (χ1v) is 4.87. The van der Waals surface area contributed by atoms with Gasteiger partial charge in [-0.05, 0) is 12.8 Å². The average Bonchev–Trinajstić information content (AvgIpc) is 2.18. The van der Waals surface area contributed by atoms with E-state index in [9.17, 15) is 18.0 Å². The Morgan fingerprint density at radius 3 is 2.06 bits per heavy atom. The van der Waals surface area contributed by atoms with Gasteiger partial charge in [0.15, 0.2) is 0 Å². The monoisotopic (exact) mass is 239 g/mol. The highest BCUT2D eigenvalue weighted by Crippen LogP contribution is 2.25. The second-order valence-electron chi connectivity index (χ2n) is 3.85. The van der Waals surface area contributed by atoms with E-state index in [1.807, 2.05) is 0 Å². The number of Topliss-reactive ketones (excluding diaryl/α,β-unsaturated/α-hetero) is 1. The number of hydrogen-bond donors (Lipinski definition) is 2. The number of aliphatic carboxylic acids is 1. The van der Waals surface area contributed by atoms with Crippen molar-refractivity contribution in [1.82, 2.24) is 5.32 Å². The molecule has 4 nitrogen and oxygen atoms in total. The van der Waals surface area contributed by atoms with Gasteiger partial charge in [-0.15, -0.1) is 0 Å². The minimum Gasteiger partial charge on any atom is -0.475 e. The van der Waals surface area contributed by atoms with Gasteiger partial charge in [0, 0.05) is 24.9 Å². The summed E-state index contributed by atoms with van der Waals surface area (Å²) in [5.41, 5.74) is 0. The van der Waals surface area contributed by atoms with Gasteiger partial charge in [-0.2, -0.15) is 13.2 Å². The quantitative estimate of drug-likeness (QED) is 0.660. The molecule has 1 aliphatic carbocycles. The number of carboxylic acid groups (broad SMARTS) is 1. The van der Waals surface area contributed by atoms with Crippen molar-refractivity contribution in [2.24, 2.45) is 5.92 Å². The molecular formula is C9H12F3NO3. The standard InChI is InChI=1S/C7H11NO.C2HF3O2/c9-7-3-6-2-1-5(7)4-8-6;3-2(4,5)1(6)7/h5-6,8H,1-4H2;(H,6,7). The predicted molar refractivity (Wildman–Crippen MR) is 47.8 cm³/mol. The lowest BCUT2D eigenvalue weighted by atomic mass is 9.81. The number of halogens is 3. The van der Waals surface area contributed by atoms with Crippen LogP contribution < -0.4 is 5.32 Å². The number of ketones is 1. The highest BCUT2D eigenvalue weighted by atomic mass is 19.4. The van der Waals surface area contributed by atoms with Crippen LogP contribution in [0.5, 0.6) is 0 Å². The Labute approximate surface area is 89.8 Å². The molecule has 3 aliphatic rings. The van der Waals surface area contributed by atoms with E-state index >= 15 is 0 Å². The van der Waals surface area contributed by atoms with Crippen molar-refractivity contribution in [3.8, 4) is 0 Å². The lowest BCUT2D eigenvalue weighted by Gasteiger charge is -2.35. The Morgan fingerprint density at radius 2 is 1.94 bits per heavy atom. The summed E-state index contributed by atoms with van der Waals surface area (Å²) in [6, 6.07) is 0.530. The van der Waals surface area contributed by atoms with Gasteiger partial charge >= 0.3 is 12.1 Å². The molecule has 2 atom stereocenters. The Morgan fingerprint density at radius 1 is 1.38 bits per heavy atom. The zero-order chi connectivity index (χ0) is 12.3. The Bertz CT molecular complexity index is 282. The SMILES string of the molecule is O=C(O)C(F)(F)F.O=C1CC2CCC1CN2. The smallest absolute Gasteiger partial charge is 0.475 e. The molecule has 92 valence electrons. The maximum Gasteiger partial charge on any atom is 0.490 e. The molecule has 1 saturated carbocycles. The van der Waals surface area contributed by atoms with Crippen molar-refractivity contribution in [3.05, 3.63) is 0 Å². The third-order valence-corrected chi connectivity index (χ3v) is 2.66. The van der Waals surface area contributed by atoms with Gasteiger partial charge < -0.3 is 10.4 Å². The first-order valence-electron chi connectivity index (χ1n) is 4.87. The number of carbonyl (C=O) groups excluding carboxylic acids is 1. The molecule has 2 heterocycles. The summed E-state index contributed by atoms with van der Waals surface area (Å²) in [5.74, 6) is -1.90. The first kappa shape index (κ1) is 13.0. The molecule has 0 amide bonds. The maximum atomic E-state index is 11.0. The molecule has 16 heavy (non-hydrogen) atoms. The molecule has 2 unspecified atom stereocenters. The van der Waals surface area contributed by atoms with Crippen LogP contribution in [0.2, 0.25) is 0 Å². The first-order chi connectivity index (χ1) is 7.30. The van der Waals surface area contributed by atoms with Crippen LogP contribution in [0.25, 0.3) is 0 Å². The van der Waals surface area contributed by atoms with Crippen molar-refractivity contribution in [3.63, 3.8) is 0 Å². The van der Waals surface area contributed by atoms with E-state index in [1.165, 1.54) is 6.42 Å². The van der Waals surface area contributed by atoms with Crippen LogP contribution in [0.1, 0.15) is 19.3 Å². The molecule has 0 aromatic heterocycles. The number of carbonyl (C=O) groups is 2. The van der Waals surface area contributed by atoms with Crippen LogP contribution in [0.4, 0.5) is 13.2 Å². The molecule has 3 fully saturated rings. The van der Waals surface area contributed by atoms with Gasteiger partial charge in [-0.25, -0.2) is 4.79 Å². The van der Waals surface area contributed by atoms with Gasteiger partial charge in [0.05, 0.1) is 0 Å². The van der Waals surface area contributed by atoms with Crippen molar-refractivity contribution >= 4 is 11.8 Å². The minimum absolute atomic E-state index is 0.370. The lowest BCUT2D eigenvalue weighted by molar-refractivity contribution is -0.192. The molecule has 0 spiro atoms. The summed E-state index contributed by atoms with van der Waals surface area (Å²) in [6.07, 6.45) is -1.93. The van der Waals surface area contributed by atoms with E-state index in [0.29, 0.717) is 17.7 Å². The molecule has 7 heteroatoms. The van der Waals surface area contributed by atoms with Gasteiger partial charge in [-0.3, -0.25) is 4.79 Å². The van der Waals surface area contributed by atoms with Crippen LogP contribution in [0.15, 0.2) is 0 Å². The van der Waals surface area contributed by atoms with Gasteiger partial charge in [-0.1, -0.05) is 0 Å². The Hall–Kier alpha value is -1.11. The molecule has 0 radical (unpaired) electrons. The number of fused-ring (bicyclic) bond motifs is 3. The molecule has 2 bridgehead atoms. The van der Waals surface area contributed by atoms with Crippen LogP contribution in [0, 0.1) is 5.92 Å². The fourth-order valence-corrected chi connectivity index (χ4v) is 1.77. The maximum absolute atomic E-state index is 11.0. The molecule has 0 aromatic rings. The van der Waals surface area contributed by atoms with E-state index < -0.39 is 12.1 Å². The van der Waals surface area contributed by atoms with Crippen LogP contribution in [0.3, 0.4) is 0 Å². The number of alkyl halides is 3. The van der Waals surface area contributed by atoms with Crippen LogP contribution >= 0.6 is 0 Å². The summed E-state index contributed by atoms with van der Waals surface area (Å²) in [6.45, 7) is 0.948. The van der Waals surface area contributed by atoms with Crippen molar-refractivity contribution in [2.75, 3.05) is 6.54 Å². The van der Waals surface area contributed by atoms with E-state index in [0.717, 1.165) is 19.4 Å². The van der Waals surface area contributed by atoms with E-state index in [-0.39, 0.29) is 0 Å². The van der Waals surface area contributed by atoms with Gasteiger partial charge in [0.2, 0.25) is 0 Å². The zero-order valence-corrected chi connectivity index (χ0v) is 8.38. The van der Waals surface area contributed by atoms with Crippen molar-refractivity contribution < 1.29 is 27.9 Å². The number of nitrogens with one attached hydrogen (secondary N) is 1. The number of hydrogen-bond acceptors (Lipinski definition) is 3. The van der Waals surface area contributed by atoms with E-state index in [4.69, 9.17) is 9.90 Å². The molecule has 3 rings (SSSR count). The summed E-state index contributed by atoms with van der Waals surface area (Å²) in [5, 5.41) is 10.5. The fraction of sp³-hybridized carbons (Fsp3) is 0.778. The van der Waals surface area contributed by atoms with E-state index in [1.54, 1.807) is 0 Å². The van der Waals surface area contributed by atoms with Crippen LogP contribution in [-0.4, -0.2) is 35.6 Å². The summed E-state index contributed by atoms with van der Waals surface area (Å²) in [4.78, 5) is 19.9. The Kier molecular flexibility index (Phi) is 3.90. The highest BCUT2D eigenvalue weighted by Gasteiger charge is 2.38. The topological polar surface area (TPSA) is 66.4 Å². The largest absolute Gasteiger partial charge is 0.490 e. The fourth-order valence-electron chi connectivity index (χ4n) is 1.77. The predicted octanol–water partition coefficient (Wildman–Crippen LogP) is 0.961. The molecule has 2 saturated heterocycles. The number of piperidine rings is 2. The summed E-state index contributed by atoms with van der Waals surface area (Å²) >= 11 is 0. The second kappa shape index (κ2) is 4.82. The highest BCUT2D eigenvalue weighted by molar-refractivity contribution is 5.83. The summed E-state index contributed by atoms with van der Waals surface area (Å²) < 4.78 is 31.7. The lowest BCUT2D eigenvalue weighted by Crippen LogP contribution is -2.49. The minimum atomic E-state index is -5.08. The molecule has 0 aromatic carbocycles. The summed E-state index contributed by atoms with van der Waals surface area (Å²) in [7, 11) is 0. The van der Waals surface area contributed by atoms with Gasteiger partial charge in [0.25, 0.3) is 0 Å².